The molecule has 0 radical (unpaired) electrons. The molecule has 1 atom stereocenters. The lowest BCUT2D eigenvalue weighted by molar-refractivity contribution is -0.383. The van der Waals surface area contributed by atoms with Gasteiger partial charge in [0.15, 0.2) is 0 Å². The van der Waals surface area contributed by atoms with Gasteiger partial charge in [-0.25, -0.2) is 0 Å². The Kier molecular flexibility index (Phi) is 5.54. The molecule has 0 aliphatic carbocycles. The maximum absolute atomic E-state index is 13.6. The van der Waals surface area contributed by atoms with E-state index in [-0.39, 0.29) is 28.9 Å². The van der Waals surface area contributed by atoms with E-state index in [0.29, 0.717) is 0 Å². The van der Waals surface area contributed by atoms with Crippen LogP contribution < -0.4 is 5.32 Å². The molecule has 1 heterocycles. The van der Waals surface area contributed by atoms with E-state index in [1.807, 2.05) is 42.5 Å². The van der Waals surface area contributed by atoms with Gasteiger partial charge in [0, 0.05) is 12.5 Å². The van der Waals surface area contributed by atoms with Gasteiger partial charge in [0.1, 0.15) is 11.7 Å². The number of anilines is 1. The van der Waals surface area contributed by atoms with Crippen molar-refractivity contribution in [3.8, 4) is 0 Å². The molecule has 4 aromatic rings. The Bertz CT molecular complexity index is 1470. The van der Waals surface area contributed by atoms with Crippen LogP contribution in [0, 0.1) is 10.1 Å². The normalized spacial score (nSPS) is 13.5. The first-order chi connectivity index (χ1) is 17.0. The Hall–Kier alpha value is -4.85. The summed E-state index contributed by atoms with van der Waals surface area (Å²) in [6.45, 7) is 0. The van der Waals surface area contributed by atoms with Gasteiger partial charge in [-0.1, -0.05) is 66.7 Å². The predicted molar refractivity (Wildman–Crippen MR) is 130 cm³/mol. The first-order valence-corrected chi connectivity index (χ1v) is 10.9. The summed E-state index contributed by atoms with van der Waals surface area (Å²) in [6.07, 6.45) is 0.0410. The zero-order chi connectivity index (χ0) is 24.5. The number of nitro benzene ring substituents is 1. The number of carbonyl (C=O) groups excluding carboxylic acids is 3. The Balaban J connectivity index is 1.57. The van der Waals surface area contributed by atoms with Gasteiger partial charge in [-0.05, 0) is 34.5 Å². The maximum atomic E-state index is 13.6. The summed E-state index contributed by atoms with van der Waals surface area (Å²) >= 11 is 0. The minimum absolute atomic E-state index is 0.0120. The van der Waals surface area contributed by atoms with E-state index in [9.17, 15) is 24.5 Å². The summed E-state index contributed by atoms with van der Waals surface area (Å²) < 4.78 is 0. The van der Waals surface area contributed by atoms with E-state index in [1.165, 1.54) is 18.2 Å². The van der Waals surface area contributed by atoms with Crippen LogP contribution >= 0.6 is 0 Å². The predicted octanol–water partition coefficient (Wildman–Crippen LogP) is 4.59. The van der Waals surface area contributed by atoms with Crippen molar-refractivity contribution < 1.29 is 19.3 Å². The highest BCUT2D eigenvalue weighted by Crippen LogP contribution is 2.30. The van der Waals surface area contributed by atoms with Gasteiger partial charge in [-0.2, -0.15) is 0 Å². The van der Waals surface area contributed by atoms with Crippen molar-refractivity contribution in [1.29, 1.82) is 0 Å². The average Bonchev–Trinajstić information content (AvgIpc) is 3.12. The van der Waals surface area contributed by atoms with Crippen molar-refractivity contribution in [3.05, 3.63) is 118 Å². The molecule has 0 fully saturated rings. The van der Waals surface area contributed by atoms with Crippen LogP contribution in [0.1, 0.15) is 26.3 Å². The molecular formula is C27H19N3O5. The largest absolute Gasteiger partial charge is 0.319 e. The topological polar surface area (TPSA) is 110 Å². The van der Waals surface area contributed by atoms with Crippen molar-refractivity contribution >= 4 is 39.9 Å². The number of nitro groups is 1. The summed E-state index contributed by atoms with van der Waals surface area (Å²) in [5.41, 5.74) is 0.911. The zero-order valence-electron chi connectivity index (χ0n) is 18.4. The van der Waals surface area contributed by atoms with Crippen LogP contribution in [0.15, 0.2) is 91.0 Å². The highest BCUT2D eigenvalue weighted by Gasteiger charge is 2.43. The molecule has 4 aromatic carbocycles. The average molecular weight is 465 g/mol. The molecule has 35 heavy (non-hydrogen) atoms. The molecule has 1 N–H and O–H groups in total. The summed E-state index contributed by atoms with van der Waals surface area (Å²) in [5, 5.41) is 15.9. The second-order valence-electron chi connectivity index (χ2n) is 8.15. The van der Waals surface area contributed by atoms with E-state index in [1.54, 1.807) is 30.3 Å². The van der Waals surface area contributed by atoms with E-state index >= 15 is 0 Å². The molecule has 0 aromatic heterocycles. The number of hydrogen-bond acceptors (Lipinski definition) is 5. The van der Waals surface area contributed by atoms with E-state index in [4.69, 9.17) is 0 Å². The van der Waals surface area contributed by atoms with Gasteiger partial charge in [0.2, 0.25) is 5.91 Å². The molecule has 172 valence electrons. The van der Waals surface area contributed by atoms with E-state index in [2.05, 4.69) is 5.32 Å². The Morgan fingerprint density at radius 1 is 0.829 bits per heavy atom. The number of nitrogens with zero attached hydrogens (tertiary/aromatic N) is 2. The molecule has 8 nitrogen and oxygen atoms in total. The van der Waals surface area contributed by atoms with Crippen LogP contribution in [-0.4, -0.2) is 33.6 Å². The number of rotatable bonds is 6. The van der Waals surface area contributed by atoms with Gasteiger partial charge in [-0.3, -0.25) is 29.4 Å². The lowest BCUT2D eigenvalue weighted by atomic mass is 9.97. The molecule has 1 aliphatic heterocycles. The highest BCUT2D eigenvalue weighted by atomic mass is 16.6. The maximum Gasteiger partial charge on any atom is 0.292 e. The van der Waals surface area contributed by atoms with Crippen molar-refractivity contribution in [3.63, 3.8) is 0 Å². The fourth-order valence-corrected chi connectivity index (χ4v) is 4.43. The highest BCUT2D eigenvalue weighted by molar-refractivity contribution is 6.23. The van der Waals surface area contributed by atoms with Gasteiger partial charge in [0.05, 0.1) is 16.1 Å². The monoisotopic (exact) mass is 465 g/mol. The van der Waals surface area contributed by atoms with Crippen molar-refractivity contribution in [2.24, 2.45) is 0 Å². The number of para-hydroxylation sites is 2. The first kappa shape index (κ1) is 22.0. The van der Waals surface area contributed by atoms with Crippen LogP contribution in [0.25, 0.3) is 10.8 Å². The molecule has 0 spiro atoms. The van der Waals surface area contributed by atoms with Gasteiger partial charge >= 0.3 is 0 Å². The molecule has 0 saturated heterocycles. The number of imide groups is 1. The molecule has 8 heteroatoms. The first-order valence-electron chi connectivity index (χ1n) is 10.9. The van der Waals surface area contributed by atoms with Crippen LogP contribution in [0.5, 0.6) is 0 Å². The Morgan fingerprint density at radius 3 is 2.14 bits per heavy atom. The molecular weight excluding hydrogens is 446 g/mol. The number of carbonyl (C=O) groups is 3. The molecule has 1 unspecified atom stereocenters. The van der Waals surface area contributed by atoms with Crippen LogP contribution in [0.4, 0.5) is 11.4 Å². The third-order valence-electron chi connectivity index (χ3n) is 6.09. The van der Waals surface area contributed by atoms with Crippen LogP contribution in [0.2, 0.25) is 0 Å². The Morgan fingerprint density at radius 2 is 1.43 bits per heavy atom. The van der Waals surface area contributed by atoms with Crippen molar-refractivity contribution in [2.45, 2.75) is 12.5 Å². The minimum Gasteiger partial charge on any atom is -0.319 e. The Labute approximate surface area is 199 Å². The fourth-order valence-electron chi connectivity index (χ4n) is 4.43. The SMILES string of the molecule is O=C(Nc1ccccc1[N+](=O)[O-])C(Cc1cccc2ccccc12)N1C(=O)c2ccccc2C1=O. The minimum atomic E-state index is -1.23. The summed E-state index contributed by atoms with van der Waals surface area (Å²) in [5.74, 6) is -1.84. The number of amides is 3. The number of nitrogens with one attached hydrogen (secondary N) is 1. The number of benzene rings is 4. The molecule has 0 saturated carbocycles. The van der Waals surface area contributed by atoms with Crippen molar-refractivity contribution in [1.82, 2.24) is 4.90 Å². The van der Waals surface area contributed by atoms with E-state index in [0.717, 1.165) is 21.2 Å². The standard InChI is InChI=1S/C27H19N3O5/c31-25(28-22-14-5-6-15-23(22)30(34)35)24(16-18-10-7-9-17-8-1-2-11-19(17)18)29-26(32)20-12-3-4-13-21(20)27(29)33/h1-15,24H,16H2,(H,28,31). The summed E-state index contributed by atoms with van der Waals surface area (Å²) in [4.78, 5) is 51.9. The number of hydrogen-bond donors (Lipinski definition) is 1. The van der Waals surface area contributed by atoms with Crippen LogP contribution in [-0.2, 0) is 11.2 Å². The molecule has 0 bridgehead atoms. The second-order valence-corrected chi connectivity index (χ2v) is 8.15. The lowest BCUT2D eigenvalue weighted by Gasteiger charge is -2.26. The molecule has 3 amide bonds. The fraction of sp³-hybridized carbons (Fsp3) is 0.0741. The van der Waals surface area contributed by atoms with Gasteiger partial charge in [-0.15, -0.1) is 0 Å². The second kappa shape index (κ2) is 8.83. The van der Waals surface area contributed by atoms with Gasteiger partial charge in [0.25, 0.3) is 17.5 Å². The molecule has 5 rings (SSSR count). The quantitative estimate of drug-likeness (QED) is 0.254. The zero-order valence-corrected chi connectivity index (χ0v) is 18.4. The summed E-state index contributed by atoms with van der Waals surface area (Å²) in [7, 11) is 0. The third-order valence-corrected chi connectivity index (χ3v) is 6.09. The number of fused-ring (bicyclic) bond motifs is 2. The smallest absolute Gasteiger partial charge is 0.292 e. The summed E-state index contributed by atoms with van der Waals surface area (Å²) in [6, 6.07) is 24.1. The molecule has 1 aliphatic rings. The van der Waals surface area contributed by atoms with Gasteiger partial charge < -0.3 is 5.32 Å². The van der Waals surface area contributed by atoms with Crippen LogP contribution in [0.3, 0.4) is 0 Å². The van der Waals surface area contributed by atoms with E-state index < -0.39 is 28.7 Å². The van der Waals surface area contributed by atoms with Crippen molar-refractivity contribution in [2.75, 3.05) is 5.32 Å². The third kappa shape index (κ3) is 3.91. The lowest BCUT2D eigenvalue weighted by Crippen LogP contribution is -2.48.